The molecule has 2 aromatic rings. The molecule has 30 heavy (non-hydrogen) atoms. The first-order valence-corrected chi connectivity index (χ1v) is 9.03. The van der Waals surface area contributed by atoms with Gasteiger partial charge in [-0.1, -0.05) is 37.3 Å². The smallest absolute Gasteiger partial charge is 0.324 e. The standard InChI is InChI=1S/C20H21F3N4O3/c1-2-27(13-18(29)26-19(30)24-14-8-4-3-5-9-14)12-17(28)25-16-11-7-6-10-15(16)20(21,22)23/h3-11H,2,12-13H2,1H3,(H,25,28)(H2,24,26,29,30). The van der Waals surface area contributed by atoms with E-state index in [1.807, 2.05) is 0 Å². The van der Waals surface area contributed by atoms with Crippen LogP contribution < -0.4 is 16.0 Å². The highest BCUT2D eigenvalue weighted by molar-refractivity contribution is 6.02. The highest BCUT2D eigenvalue weighted by atomic mass is 19.4. The number of imide groups is 1. The zero-order valence-electron chi connectivity index (χ0n) is 16.1. The number of alkyl halides is 3. The fourth-order valence-electron chi connectivity index (χ4n) is 2.56. The number of benzene rings is 2. The topological polar surface area (TPSA) is 90.5 Å². The van der Waals surface area contributed by atoms with Crippen molar-refractivity contribution in [3.05, 3.63) is 60.2 Å². The molecule has 0 saturated carbocycles. The molecule has 0 bridgehead atoms. The van der Waals surface area contributed by atoms with Crippen LogP contribution >= 0.6 is 0 Å². The van der Waals surface area contributed by atoms with Gasteiger partial charge >= 0.3 is 12.2 Å². The Balaban J connectivity index is 1.88. The van der Waals surface area contributed by atoms with Crippen LogP contribution in [-0.4, -0.2) is 42.4 Å². The van der Waals surface area contributed by atoms with E-state index in [4.69, 9.17) is 0 Å². The predicted octanol–water partition coefficient (Wildman–Crippen LogP) is 3.31. The Morgan fingerprint density at radius 2 is 1.47 bits per heavy atom. The van der Waals surface area contributed by atoms with E-state index >= 15 is 0 Å². The maximum atomic E-state index is 13.0. The van der Waals surface area contributed by atoms with Gasteiger partial charge in [-0.3, -0.25) is 19.8 Å². The third-order valence-electron chi connectivity index (χ3n) is 3.97. The second-order valence-electron chi connectivity index (χ2n) is 6.26. The Morgan fingerprint density at radius 1 is 0.867 bits per heavy atom. The third-order valence-corrected chi connectivity index (χ3v) is 3.97. The van der Waals surface area contributed by atoms with E-state index < -0.39 is 29.6 Å². The summed E-state index contributed by atoms with van der Waals surface area (Å²) < 4.78 is 39.1. The van der Waals surface area contributed by atoms with Gasteiger partial charge in [0.15, 0.2) is 0 Å². The molecule has 0 aromatic heterocycles. The molecule has 0 spiro atoms. The van der Waals surface area contributed by atoms with Crippen LogP contribution in [0.3, 0.4) is 0 Å². The number of carbonyl (C=O) groups is 3. The van der Waals surface area contributed by atoms with Gasteiger partial charge in [0.1, 0.15) is 0 Å². The lowest BCUT2D eigenvalue weighted by Gasteiger charge is -2.20. The Morgan fingerprint density at radius 3 is 2.10 bits per heavy atom. The summed E-state index contributed by atoms with van der Waals surface area (Å²) in [6.45, 7) is 1.33. The number of amides is 4. The van der Waals surface area contributed by atoms with E-state index in [1.165, 1.54) is 17.0 Å². The Kier molecular flexibility index (Phi) is 7.93. The van der Waals surface area contributed by atoms with Crippen molar-refractivity contribution in [1.82, 2.24) is 10.2 Å². The molecule has 0 radical (unpaired) electrons. The first kappa shape index (κ1) is 22.9. The average Bonchev–Trinajstić information content (AvgIpc) is 2.67. The molecule has 7 nitrogen and oxygen atoms in total. The van der Waals surface area contributed by atoms with Crippen molar-refractivity contribution in [3.63, 3.8) is 0 Å². The molecule has 0 aliphatic rings. The Bertz CT molecular complexity index is 888. The van der Waals surface area contributed by atoms with E-state index in [2.05, 4.69) is 16.0 Å². The molecule has 0 aliphatic heterocycles. The lowest BCUT2D eigenvalue weighted by molar-refractivity contribution is -0.137. The molecule has 2 rings (SSSR count). The molecule has 4 amide bonds. The van der Waals surface area contributed by atoms with Crippen LogP contribution in [0.4, 0.5) is 29.3 Å². The summed E-state index contributed by atoms with van der Waals surface area (Å²) in [4.78, 5) is 37.4. The summed E-state index contributed by atoms with van der Waals surface area (Å²) in [6, 6.07) is 12.4. The molecule has 0 saturated heterocycles. The zero-order chi connectivity index (χ0) is 22.1. The van der Waals surface area contributed by atoms with Crippen molar-refractivity contribution in [2.75, 3.05) is 30.3 Å². The van der Waals surface area contributed by atoms with Crippen molar-refractivity contribution in [3.8, 4) is 0 Å². The van der Waals surface area contributed by atoms with Crippen molar-refractivity contribution < 1.29 is 27.6 Å². The summed E-state index contributed by atoms with van der Waals surface area (Å²) in [5.41, 5.74) is -0.827. The molecule has 0 aliphatic carbocycles. The number of hydrogen-bond donors (Lipinski definition) is 3. The predicted molar refractivity (Wildman–Crippen MR) is 106 cm³/mol. The number of nitrogens with zero attached hydrogens (tertiary/aromatic N) is 1. The van der Waals surface area contributed by atoms with Gasteiger partial charge in [-0.15, -0.1) is 0 Å². The molecule has 10 heteroatoms. The largest absolute Gasteiger partial charge is 0.418 e. The fourth-order valence-corrected chi connectivity index (χ4v) is 2.56. The molecule has 160 valence electrons. The number of anilines is 2. The van der Waals surface area contributed by atoms with Crippen LogP contribution in [0.5, 0.6) is 0 Å². The molecular formula is C20H21F3N4O3. The number of likely N-dealkylation sites (N-methyl/N-ethyl adjacent to an activating group) is 1. The van der Waals surface area contributed by atoms with Gasteiger partial charge in [-0.05, 0) is 30.8 Å². The lowest BCUT2D eigenvalue weighted by Crippen LogP contribution is -2.44. The van der Waals surface area contributed by atoms with Gasteiger partial charge in [-0.2, -0.15) is 13.2 Å². The second kappa shape index (κ2) is 10.4. The summed E-state index contributed by atoms with van der Waals surface area (Å²) in [5, 5.41) is 6.83. The minimum Gasteiger partial charge on any atom is -0.324 e. The monoisotopic (exact) mass is 422 g/mol. The van der Waals surface area contributed by atoms with E-state index in [0.29, 0.717) is 5.69 Å². The fraction of sp³-hybridized carbons (Fsp3) is 0.250. The van der Waals surface area contributed by atoms with Crippen LogP contribution in [-0.2, 0) is 15.8 Å². The molecule has 2 aromatic carbocycles. The van der Waals surface area contributed by atoms with Gasteiger partial charge in [0.05, 0.1) is 24.3 Å². The van der Waals surface area contributed by atoms with Gasteiger partial charge in [0, 0.05) is 5.69 Å². The number of rotatable bonds is 7. The number of nitrogens with one attached hydrogen (secondary N) is 3. The van der Waals surface area contributed by atoms with Crippen LogP contribution in [0.2, 0.25) is 0 Å². The quantitative estimate of drug-likeness (QED) is 0.639. The molecular weight excluding hydrogens is 401 g/mol. The minimum atomic E-state index is -4.61. The van der Waals surface area contributed by atoms with Gasteiger partial charge in [0.2, 0.25) is 11.8 Å². The lowest BCUT2D eigenvalue weighted by atomic mass is 10.1. The van der Waals surface area contributed by atoms with Gasteiger partial charge in [0.25, 0.3) is 0 Å². The third kappa shape index (κ3) is 7.21. The van der Waals surface area contributed by atoms with Crippen molar-refractivity contribution in [2.45, 2.75) is 13.1 Å². The first-order valence-electron chi connectivity index (χ1n) is 9.03. The summed E-state index contributed by atoms with van der Waals surface area (Å²) in [7, 11) is 0. The Hall–Kier alpha value is -3.40. The van der Waals surface area contributed by atoms with Crippen LogP contribution in [0.15, 0.2) is 54.6 Å². The van der Waals surface area contributed by atoms with Crippen molar-refractivity contribution in [1.29, 1.82) is 0 Å². The maximum Gasteiger partial charge on any atom is 0.418 e. The average molecular weight is 422 g/mol. The summed E-state index contributed by atoms with van der Waals surface area (Å²) in [6.07, 6.45) is -4.61. The van der Waals surface area contributed by atoms with Crippen LogP contribution in [0.25, 0.3) is 0 Å². The highest BCUT2D eigenvalue weighted by Crippen LogP contribution is 2.34. The van der Waals surface area contributed by atoms with E-state index in [1.54, 1.807) is 37.3 Å². The molecule has 0 heterocycles. The van der Waals surface area contributed by atoms with Crippen LogP contribution in [0.1, 0.15) is 12.5 Å². The van der Waals surface area contributed by atoms with E-state index in [9.17, 15) is 27.6 Å². The minimum absolute atomic E-state index is 0.266. The normalized spacial score (nSPS) is 11.1. The maximum absolute atomic E-state index is 13.0. The molecule has 0 unspecified atom stereocenters. The van der Waals surface area contributed by atoms with E-state index in [-0.39, 0.29) is 25.3 Å². The Labute approximate surface area is 171 Å². The number of carbonyl (C=O) groups excluding carboxylic acids is 3. The first-order chi connectivity index (χ1) is 14.2. The zero-order valence-corrected chi connectivity index (χ0v) is 16.1. The van der Waals surface area contributed by atoms with E-state index in [0.717, 1.165) is 12.1 Å². The number of para-hydroxylation sites is 2. The SMILES string of the molecule is CCN(CC(=O)NC(=O)Nc1ccccc1)CC(=O)Nc1ccccc1C(F)(F)F. The number of hydrogen-bond acceptors (Lipinski definition) is 4. The number of halogens is 3. The highest BCUT2D eigenvalue weighted by Gasteiger charge is 2.33. The van der Waals surface area contributed by atoms with Gasteiger partial charge in [-0.25, -0.2) is 4.79 Å². The summed E-state index contributed by atoms with van der Waals surface area (Å²) >= 11 is 0. The van der Waals surface area contributed by atoms with Crippen molar-refractivity contribution >= 4 is 29.2 Å². The summed E-state index contributed by atoms with van der Waals surface area (Å²) in [5.74, 6) is -1.37. The second-order valence-corrected chi connectivity index (χ2v) is 6.26. The molecule has 0 fully saturated rings. The molecule has 0 atom stereocenters. The van der Waals surface area contributed by atoms with Gasteiger partial charge < -0.3 is 10.6 Å². The van der Waals surface area contributed by atoms with Crippen LogP contribution in [0, 0.1) is 0 Å². The number of urea groups is 1. The molecule has 3 N–H and O–H groups in total. The van der Waals surface area contributed by atoms with Crippen molar-refractivity contribution in [2.24, 2.45) is 0 Å².